The standard InChI is InChI=1S/C27H31N3O3S/c31-26(28-18-21-12-6-16-33-21)25(24-13-7-17-34-24)30(20-10-4-5-11-20)27(32)23-15-14-22(29-23)19-8-2-1-3-9-19/h1-3,7-9,13-15,17,20-21,25,29H,4-6,10-12,16,18H2,(H,28,31)/t21-,25+/m1/s1. The van der Waals surface area contributed by atoms with Gasteiger partial charge in [0, 0.05) is 29.8 Å². The number of carbonyl (C=O) groups excluding carboxylic acids is 2. The van der Waals surface area contributed by atoms with Crippen molar-refractivity contribution in [3.05, 3.63) is 70.5 Å². The van der Waals surface area contributed by atoms with Crippen LogP contribution >= 0.6 is 11.3 Å². The first-order valence-electron chi connectivity index (χ1n) is 12.2. The molecule has 0 radical (unpaired) electrons. The fourth-order valence-electron chi connectivity index (χ4n) is 5.08. The van der Waals surface area contributed by atoms with E-state index in [-0.39, 0.29) is 24.0 Å². The molecule has 6 nitrogen and oxygen atoms in total. The van der Waals surface area contributed by atoms with Crippen LogP contribution in [-0.2, 0) is 9.53 Å². The van der Waals surface area contributed by atoms with E-state index in [1.807, 2.05) is 64.9 Å². The second kappa shape index (κ2) is 10.6. The van der Waals surface area contributed by atoms with Gasteiger partial charge in [-0.25, -0.2) is 0 Å². The fraction of sp³-hybridized carbons (Fsp3) is 0.407. The number of carbonyl (C=O) groups is 2. The van der Waals surface area contributed by atoms with E-state index in [4.69, 9.17) is 4.74 Å². The summed E-state index contributed by atoms with van der Waals surface area (Å²) in [5, 5.41) is 5.06. The summed E-state index contributed by atoms with van der Waals surface area (Å²) in [4.78, 5) is 33.6. The predicted molar refractivity (Wildman–Crippen MR) is 134 cm³/mol. The molecule has 1 aromatic carbocycles. The third-order valence-electron chi connectivity index (χ3n) is 6.82. The molecule has 3 heterocycles. The summed E-state index contributed by atoms with van der Waals surface area (Å²) in [5.74, 6) is -0.257. The molecule has 2 fully saturated rings. The van der Waals surface area contributed by atoms with Gasteiger partial charge in [-0.05, 0) is 54.8 Å². The highest BCUT2D eigenvalue weighted by Crippen LogP contribution is 2.35. The molecule has 0 bridgehead atoms. The van der Waals surface area contributed by atoms with Crippen molar-refractivity contribution in [3.8, 4) is 11.3 Å². The van der Waals surface area contributed by atoms with E-state index in [0.29, 0.717) is 12.2 Å². The Morgan fingerprint density at radius 1 is 1.03 bits per heavy atom. The van der Waals surface area contributed by atoms with E-state index >= 15 is 0 Å². The quantitative estimate of drug-likeness (QED) is 0.470. The molecule has 2 amide bonds. The molecule has 1 aliphatic heterocycles. The summed E-state index contributed by atoms with van der Waals surface area (Å²) < 4.78 is 5.70. The number of ether oxygens (including phenoxy) is 1. The average molecular weight is 478 g/mol. The van der Waals surface area contributed by atoms with Crippen LogP contribution in [0.15, 0.2) is 60.0 Å². The van der Waals surface area contributed by atoms with Gasteiger partial charge in [-0.1, -0.05) is 49.2 Å². The molecule has 0 unspecified atom stereocenters. The number of nitrogens with one attached hydrogen (secondary N) is 2. The van der Waals surface area contributed by atoms with Gasteiger partial charge in [0.15, 0.2) is 0 Å². The lowest BCUT2D eigenvalue weighted by Gasteiger charge is -2.35. The highest BCUT2D eigenvalue weighted by molar-refractivity contribution is 7.10. The van der Waals surface area contributed by atoms with Gasteiger partial charge in [0.25, 0.3) is 5.91 Å². The summed E-state index contributed by atoms with van der Waals surface area (Å²) in [6, 6.07) is 17.0. The number of aromatic amines is 1. The Morgan fingerprint density at radius 2 is 1.85 bits per heavy atom. The molecule has 2 atom stereocenters. The number of rotatable bonds is 8. The largest absolute Gasteiger partial charge is 0.376 e. The molecule has 2 aromatic heterocycles. The first-order valence-corrected chi connectivity index (χ1v) is 13.1. The number of nitrogens with zero attached hydrogens (tertiary/aromatic N) is 1. The van der Waals surface area contributed by atoms with Crippen LogP contribution in [0.5, 0.6) is 0 Å². The van der Waals surface area contributed by atoms with Gasteiger partial charge in [0.05, 0.1) is 6.10 Å². The molecule has 0 spiro atoms. The third-order valence-corrected chi connectivity index (χ3v) is 7.75. The van der Waals surface area contributed by atoms with E-state index in [1.165, 1.54) is 11.3 Å². The van der Waals surface area contributed by atoms with E-state index < -0.39 is 6.04 Å². The molecular formula is C27H31N3O3S. The highest BCUT2D eigenvalue weighted by Gasteiger charge is 2.39. The van der Waals surface area contributed by atoms with Gasteiger partial charge < -0.3 is 19.9 Å². The molecule has 1 saturated heterocycles. The van der Waals surface area contributed by atoms with Gasteiger partial charge in [0.2, 0.25) is 5.91 Å². The number of amides is 2. The molecule has 34 heavy (non-hydrogen) atoms. The molecular weight excluding hydrogens is 446 g/mol. The number of benzene rings is 1. The molecule has 7 heteroatoms. The van der Waals surface area contributed by atoms with Crippen LogP contribution < -0.4 is 5.32 Å². The maximum atomic E-state index is 14.0. The molecule has 3 aromatic rings. The molecule has 2 aliphatic rings. The summed E-state index contributed by atoms with van der Waals surface area (Å²) in [5.41, 5.74) is 2.43. The lowest BCUT2D eigenvalue weighted by Crippen LogP contribution is -2.48. The summed E-state index contributed by atoms with van der Waals surface area (Å²) in [6.45, 7) is 1.23. The monoisotopic (exact) mass is 477 g/mol. The zero-order valence-corrected chi connectivity index (χ0v) is 20.1. The summed E-state index contributed by atoms with van der Waals surface area (Å²) >= 11 is 1.52. The van der Waals surface area contributed by atoms with Crippen molar-refractivity contribution >= 4 is 23.2 Å². The van der Waals surface area contributed by atoms with Crippen molar-refractivity contribution in [1.29, 1.82) is 0 Å². The minimum Gasteiger partial charge on any atom is -0.376 e. The van der Waals surface area contributed by atoms with Gasteiger partial charge in [-0.3, -0.25) is 9.59 Å². The minimum absolute atomic E-state index is 0.0385. The molecule has 2 N–H and O–H groups in total. The van der Waals surface area contributed by atoms with Gasteiger partial charge in [-0.2, -0.15) is 0 Å². The Labute approximate surface area is 204 Å². The van der Waals surface area contributed by atoms with Gasteiger partial charge in [-0.15, -0.1) is 11.3 Å². The van der Waals surface area contributed by atoms with Crippen molar-refractivity contribution in [3.63, 3.8) is 0 Å². The number of thiophene rings is 1. The number of hydrogen-bond donors (Lipinski definition) is 2. The second-order valence-electron chi connectivity index (χ2n) is 9.10. The second-order valence-corrected chi connectivity index (χ2v) is 10.1. The van der Waals surface area contributed by atoms with E-state index in [0.717, 1.165) is 61.3 Å². The molecule has 178 valence electrons. The normalized spacial score (nSPS) is 19.2. The lowest BCUT2D eigenvalue weighted by molar-refractivity contribution is -0.127. The zero-order chi connectivity index (χ0) is 23.3. The maximum absolute atomic E-state index is 14.0. The van der Waals surface area contributed by atoms with Crippen LogP contribution in [0.3, 0.4) is 0 Å². The predicted octanol–water partition coefficient (Wildman–Crippen LogP) is 5.16. The molecule has 5 rings (SSSR count). The summed E-state index contributed by atoms with van der Waals surface area (Å²) in [6.07, 6.45) is 6.02. The smallest absolute Gasteiger partial charge is 0.271 e. The fourth-order valence-corrected chi connectivity index (χ4v) is 5.90. The maximum Gasteiger partial charge on any atom is 0.271 e. The third kappa shape index (κ3) is 4.95. The van der Waals surface area contributed by atoms with E-state index in [1.54, 1.807) is 0 Å². The van der Waals surface area contributed by atoms with Crippen molar-refractivity contribution in [2.24, 2.45) is 0 Å². The van der Waals surface area contributed by atoms with Gasteiger partial charge in [0.1, 0.15) is 11.7 Å². The van der Waals surface area contributed by atoms with Crippen LogP contribution in [-0.4, -0.2) is 47.0 Å². The Hall–Kier alpha value is -2.90. The van der Waals surface area contributed by atoms with Crippen LogP contribution in [0.1, 0.15) is 59.9 Å². The minimum atomic E-state index is -0.652. The Balaban J connectivity index is 1.44. The Bertz CT molecular complexity index is 1080. The topological polar surface area (TPSA) is 74.4 Å². The van der Waals surface area contributed by atoms with Crippen molar-refractivity contribution in [1.82, 2.24) is 15.2 Å². The van der Waals surface area contributed by atoms with Gasteiger partial charge >= 0.3 is 0 Å². The van der Waals surface area contributed by atoms with Crippen LogP contribution in [0.2, 0.25) is 0 Å². The van der Waals surface area contributed by atoms with Crippen molar-refractivity contribution in [2.75, 3.05) is 13.2 Å². The highest BCUT2D eigenvalue weighted by atomic mass is 32.1. The SMILES string of the molecule is O=C(NC[C@H]1CCCO1)[C@H](c1cccs1)N(C(=O)c1ccc(-c2ccccc2)[nH]1)C1CCCC1. The zero-order valence-electron chi connectivity index (χ0n) is 19.2. The Kier molecular flexibility index (Phi) is 7.11. The first kappa shape index (κ1) is 22.9. The van der Waals surface area contributed by atoms with Crippen LogP contribution in [0, 0.1) is 0 Å². The molecule has 1 aliphatic carbocycles. The molecule has 1 saturated carbocycles. The van der Waals surface area contributed by atoms with E-state index in [9.17, 15) is 9.59 Å². The summed E-state index contributed by atoms with van der Waals surface area (Å²) in [7, 11) is 0. The number of hydrogen-bond acceptors (Lipinski definition) is 4. The Morgan fingerprint density at radius 3 is 2.56 bits per heavy atom. The van der Waals surface area contributed by atoms with E-state index in [2.05, 4.69) is 10.3 Å². The average Bonchev–Trinajstić information content (AvgIpc) is 3.68. The first-order chi connectivity index (χ1) is 16.7. The van der Waals surface area contributed by atoms with Crippen molar-refractivity contribution in [2.45, 2.75) is 56.7 Å². The van der Waals surface area contributed by atoms with Crippen LogP contribution in [0.25, 0.3) is 11.3 Å². The lowest BCUT2D eigenvalue weighted by atomic mass is 10.1. The number of H-pyrrole nitrogens is 1. The number of aromatic nitrogens is 1. The van der Waals surface area contributed by atoms with Crippen molar-refractivity contribution < 1.29 is 14.3 Å². The van der Waals surface area contributed by atoms with Crippen LogP contribution in [0.4, 0.5) is 0 Å².